The summed E-state index contributed by atoms with van der Waals surface area (Å²) in [5.41, 5.74) is 5.40. The van der Waals surface area contributed by atoms with Crippen LogP contribution in [0.25, 0.3) is 11.2 Å². The fourth-order valence-electron chi connectivity index (χ4n) is 4.09. The molecule has 0 bridgehead atoms. The number of amides is 1. The molecule has 1 atom stereocenters. The van der Waals surface area contributed by atoms with Crippen LogP contribution in [-0.2, 0) is 11.2 Å². The van der Waals surface area contributed by atoms with Gasteiger partial charge in [0.05, 0.1) is 0 Å². The fourth-order valence-corrected chi connectivity index (χ4v) is 4.09. The van der Waals surface area contributed by atoms with E-state index in [4.69, 9.17) is 0 Å². The molecule has 1 fully saturated rings. The summed E-state index contributed by atoms with van der Waals surface area (Å²) in [5, 5.41) is 3.07. The maximum atomic E-state index is 12.7. The van der Waals surface area contributed by atoms with Crippen molar-refractivity contribution in [1.29, 1.82) is 0 Å². The molecule has 2 aromatic heterocycles. The van der Waals surface area contributed by atoms with Crippen LogP contribution in [0.1, 0.15) is 61.9 Å². The normalized spacial score (nSPS) is 18.2. The molecule has 1 amide bonds. The lowest BCUT2D eigenvalue weighted by atomic mass is 9.76. The van der Waals surface area contributed by atoms with Crippen LogP contribution in [0.2, 0.25) is 0 Å². The minimum Gasteiger partial charge on any atom is -0.296 e. The monoisotopic (exact) mass is 362 g/mol. The maximum absolute atomic E-state index is 12.7. The van der Waals surface area contributed by atoms with Crippen molar-refractivity contribution in [1.82, 2.24) is 14.5 Å². The van der Waals surface area contributed by atoms with E-state index in [1.54, 1.807) is 0 Å². The van der Waals surface area contributed by atoms with E-state index in [1.165, 1.54) is 17.5 Å². The van der Waals surface area contributed by atoms with Crippen molar-refractivity contribution in [3.8, 4) is 0 Å². The van der Waals surface area contributed by atoms with Crippen LogP contribution >= 0.6 is 0 Å². The first kappa shape index (κ1) is 17.7. The second-order valence-electron chi connectivity index (χ2n) is 7.54. The van der Waals surface area contributed by atoms with E-state index in [0.717, 1.165) is 36.1 Å². The van der Waals surface area contributed by atoms with Gasteiger partial charge in [0.2, 0.25) is 11.9 Å². The van der Waals surface area contributed by atoms with Gasteiger partial charge in [-0.2, -0.15) is 0 Å². The summed E-state index contributed by atoms with van der Waals surface area (Å²) < 4.78 is 2.14. The highest BCUT2D eigenvalue weighted by molar-refractivity contribution is 5.92. The van der Waals surface area contributed by atoms with Gasteiger partial charge in [0.15, 0.2) is 5.65 Å². The third-order valence-corrected chi connectivity index (χ3v) is 5.76. The molecule has 0 radical (unpaired) electrons. The van der Waals surface area contributed by atoms with Crippen molar-refractivity contribution >= 4 is 23.0 Å². The Balaban J connectivity index is 0.00000180. The Kier molecular flexibility index (Phi) is 4.46. The third-order valence-electron chi connectivity index (χ3n) is 5.76. The van der Waals surface area contributed by atoms with Crippen LogP contribution in [0.5, 0.6) is 0 Å². The number of rotatable bonds is 4. The standard InChI is InChI=1S/C21H22N4O.CH4/c1-13-9-10-18-20(22-13)25(16-6-4-7-16)21(23-18)24-19(26)12-15-11-14-5-2-3-8-17(14)15;/h2-3,5,8-10,15-16H,4,6-7,11-12H2,1H3,(H,23,24,26);1H4. The molecule has 0 spiro atoms. The number of aryl methyl sites for hydroxylation is 1. The Hall–Kier alpha value is -2.69. The van der Waals surface area contributed by atoms with E-state index in [0.29, 0.717) is 24.3 Å². The molecule has 2 aliphatic carbocycles. The van der Waals surface area contributed by atoms with Crippen LogP contribution < -0.4 is 5.32 Å². The largest absolute Gasteiger partial charge is 0.296 e. The number of benzene rings is 1. The molecule has 1 N–H and O–H groups in total. The Morgan fingerprint density at radius 1 is 1.19 bits per heavy atom. The second kappa shape index (κ2) is 6.80. The first-order chi connectivity index (χ1) is 12.7. The Morgan fingerprint density at radius 2 is 2.00 bits per heavy atom. The molecule has 5 rings (SSSR count). The number of nitrogens with one attached hydrogen (secondary N) is 1. The summed E-state index contributed by atoms with van der Waals surface area (Å²) in [7, 11) is 0. The molecule has 1 unspecified atom stereocenters. The lowest BCUT2D eigenvalue weighted by molar-refractivity contribution is -0.116. The van der Waals surface area contributed by atoms with Crippen molar-refractivity contribution in [3.63, 3.8) is 0 Å². The number of hydrogen-bond donors (Lipinski definition) is 1. The number of aromatic nitrogens is 3. The molecule has 140 valence electrons. The smallest absolute Gasteiger partial charge is 0.227 e. The Morgan fingerprint density at radius 3 is 2.74 bits per heavy atom. The zero-order valence-corrected chi connectivity index (χ0v) is 14.9. The summed E-state index contributed by atoms with van der Waals surface area (Å²) in [4.78, 5) is 22.0. The third kappa shape index (κ3) is 3.01. The fraction of sp³-hybridized carbons (Fsp3) is 0.409. The van der Waals surface area contributed by atoms with Crippen LogP contribution in [0.4, 0.5) is 5.95 Å². The van der Waals surface area contributed by atoms with Crippen LogP contribution in [0.15, 0.2) is 36.4 Å². The lowest BCUT2D eigenvalue weighted by Gasteiger charge is -2.30. The topological polar surface area (TPSA) is 59.8 Å². The van der Waals surface area contributed by atoms with E-state index in [9.17, 15) is 4.79 Å². The summed E-state index contributed by atoms with van der Waals surface area (Å²) >= 11 is 0. The number of pyridine rings is 1. The van der Waals surface area contributed by atoms with Gasteiger partial charge in [-0.3, -0.25) is 14.7 Å². The quantitative estimate of drug-likeness (QED) is 0.727. The Labute approximate surface area is 159 Å². The van der Waals surface area contributed by atoms with Crippen molar-refractivity contribution in [3.05, 3.63) is 53.2 Å². The van der Waals surface area contributed by atoms with E-state index in [1.807, 2.05) is 25.1 Å². The second-order valence-corrected chi connectivity index (χ2v) is 7.54. The first-order valence-electron chi connectivity index (χ1n) is 9.42. The molecule has 27 heavy (non-hydrogen) atoms. The number of imidazole rings is 1. The summed E-state index contributed by atoms with van der Waals surface area (Å²) in [6.45, 7) is 1.99. The van der Waals surface area contributed by atoms with E-state index < -0.39 is 0 Å². The molecular formula is C22H26N4O. The maximum Gasteiger partial charge on any atom is 0.227 e. The van der Waals surface area contributed by atoms with Crippen LogP contribution in [-0.4, -0.2) is 20.4 Å². The van der Waals surface area contributed by atoms with Gasteiger partial charge in [-0.15, -0.1) is 0 Å². The van der Waals surface area contributed by atoms with Gasteiger partial charge in [-0.05, 0) is 61.8 Å². The van der Waals surface area contributed by atoms with Gasteiger partial charge in [-0.1, -0.05) is 31.7 Å². The number of carbonyl (C=O) groups excluding carboxylic acids is 1. The number of nitrogens with zero attached hydrogens (tertiary/aromatic N) is 3. The average Bonchev–Trinajstić information content (AvgIpc) is 2.89. The Bertz CT molecular complexity index is 1000. The molecule has 2 aliphatic rings. The zero-order valence-electron chi connectivity index (χ0n) is 14.9. The first-order valence-corrected chi connectivity index (χ1v) is 9.42. The molecule has 1 aromatic carbocycles. The molecular weight excluding hydrogens is 336 g/mol. The van der Waals surface area contributed by atoms with E-state index in [2.05, 4.69) is 38.1 Å². The molecule has 5 nitrogen and oxygen atoms in total. The van der Waals surface area contributed by atoms with Gasteiger partial charge in [-0.25, -0.2) is 9.97 Å². The minimum absolute atomic E-state index is 0. The van der Waals surface area contributed by atoms with Crippen molar-refractivity contribution < 1.29 is 4.79 Å². The van der Waals surface area contributed by atoms with Gasteiger partial charge in [0, 0.05) is 18.2 Å². The number of anilines is 1. The number of hydrogen-bond acceptors (Lipinski definition) is 3. The van der Waals surface area contributed by atoms with Crippen LogP contribution in [0, 0.1) is 6.92 Å². The summed E-state index contributed by atoms with van der Waals surface area (Å²) in [6, 6.07) is 12.7. The molecule has 2 heterocycles. The van der Waals surface area contributed by atoms with E-state index in [-0.39, 0.29) is 13.3 Å². The van der Waals surface area contributed by atoms with Crippen molar-refractivity contribution in [2.45, 2.75) is 58.4 Å². The van der Waals surface area contributed by atoms with E-state index >= 15 is 0 Å². The minimum atomic E-state index is 0. The van der Waals surface area contributed by atoms with Crippen molar-refractivity contribution in [2.75, 3.05) is 5.32 Å². The van der Waals surface area contributed by atoms with Gasteiger partial charge in [0.25, 0.3) is 0 Å². The highest BCUT2D eigenvalue weighted by Crippen LogP contribution is 2.39. The molecule has 3 aromatic rings. The highest BCUT2D eigenvalue weighted by Gasteiger charge is 2.29. The predicted molar refractivity (Wildman–Crippen MR) is 108 cm³/mol. The summed E-state index contributed by atoms with van der Waals surface area (Å²) in [5.74, 6) is 1.02. The molecule has 0 aliphatic heterocycles. The van der Waals surface area contributed by atoms with Gasteiger partial charge >= 0.3 is 0 Å². The van der Waals surface area contributed by atoms with Gasteiger partial charge < -0.3 is 0 Å². The predicted octanol–water partition coefficient (Wildman–Crippen LogP) is 4.77. The molecule has 5 heteroatoms. The van der Waals surface area contributed by atoms with Crippen LogP contribution in [0.3, 0.4) is 0 Å². The molecule has 1 saturated carbocycles. The average molecular weight is 362 g/mol. The molecule has 0 saturated heterocycles. The summed E-state index contributed by atoms with van der Waals surface area (Å²) in [6.07, 6.45) is 4.98. The van der Waals surface area contributed by atoms with Gasteiger partial charge in [0.1, 0.15) is 5.52 Å². The van der Waals surface area contributed by atoms with Crippen molar-refractivity contribution in [2.24, 2.45) is 0 Å². The number of carbonyl (C=O) groups is 1. The highest BCUT2D eigenvalue weighted by atomic mass is 16.1. The number of fused-ring (bicyclic) bond motifs is 2. The zero-order chi connectivity index (χ0) is 17.7. The SMILES string of the molecule is C.Cc1ccc2nc(NC(=O)CC3Cc4ccccc43)n(C3CCC3)c2n1. The lowest BCUT2D eigenvalue weighted by Crippen LogP contribution is -2.26.